The zero-order valence-corrected chi connectivity index (χ0v) is 13.6. The molecule has 2 aromatic rings. The lowest BCUT2D eigenvalue weighted by molar-refractivity contribution is 0.274. The van der Waals surface area contributed by atoms with Crippen molar-refractivity contribution in [1.82, 2.24) is 0 Å². The van der Waals surface area contributed by atoms with E-state index in [1.54, 1.807) is 6.07 Å². The first kappa shape index (κ1) is 14.1. The van der Waals surface area contributed by atoms with E-state index in [1.807, 2.05) is 24.3 Å². The number of hydrogen-bond donors (Lipinski definition) is 1. The highest BCUT2D eigenvalue weighted by atomic mass is 79.9. The fourth-order valence-corrected chi connectivity index (χ4v) is 2.98. The summed E-state index contributed by atoms with van der Waals surface area (Å²) in [5.74, 6) is 0.928. The number of anilines is 1. The van der Waals surface area contributed by atoms with E-state index < -0.39 is 0 Å². The van der Waals surface area contributed by atoms with Crippen molar-refractivity contribution in [3.63, 3.8) is 0 Å². The van der Waals surface area contributed by atoms with Gasteiger partial charge in [-0.15, -0.1) is 0 Å². The van der Waals surface area contributed by atoms with E-state index in [4.69, 9.17) is 27.9 Å². The van der Waals surface area contributed by atoms with Gasteiger partial charge in [-0.25, -0.2) is 0 Å². The van der Waals surface area contributed by atoms with E-state index in [0.717, 1.165) is 27.9 Å². The molecule has 2 nitrogen and oxygen atoms in total. The summed E-state index contributed by atoms with van der Waals surface area (Å²) in [6.07, 6.45) is 0.906. The third-order valence-electron chi connectivity index (χ3n) is 3.27. The molecular weight excluding hydrogens is 361 g/mol. The van der Waals surface area contributed by atoms with Crippen molar-refractivity contribution in [2.75, 3.05) is 11.9 Å². The quantitative estimate of drug-likeness (QED) is 0.730. The van der Waals surface area contributed by atoms with Crippen LogP contribution in [-0.2, 0) is 0 Å². The normalized spacial score (nSPS) is 17.2. The SMILES string of the molecule is Clc1ccc(NC2CCOc3ccc(Br)cc32)cc1Cl. The van der Waals surface area contributed by atoms with Crippen LogP contribution in [0.15, 0.2) is 40.9 Å². The minimum atomic E-state index is 0.202. The van der Waals surface area contributed by atoms with Crippen LogP contribution in [0, 0.1) is 0 Å². The highest BCUT2D eigenvalue weighted by Crippen LogP contribution is 2.37. The number of fused-ring (bicyclic) bond motifs is 1. The van der Waals surface area contributed by atoms with E-state index >= 15 is 0 Å². The second kappa shape index (κ2) is 5.84. The summed E-state index contributed by atoms with van der Waals surface area (Å²) in [5.41, 5.74) is 2.11. The molecule has 20 heavy (non-hydrogen) atoms. The van der Waals surface area contributed by atoms with Crippen LogP contribution in [0.3, 0.4) is 0 Å². The zero-order chi connectivity index (χ0) is 14.1. The van der Waals surface area contributed by atoms with Gasteiger partial charge < -0.3 is 10.1 Å². The summed E-state index contributed by atoms with van der Waals surface area (Å²) in [4.78, 5) is 0. The third-order valence-corrected chi connectivity index (χ3v) is 4.50. The molecule has 104 valence electrons. The van der Waals surface area contributed by atoms with Crippen LogP contribution >= 0.6 is 39.1 Å². The first-order valence-corrected chi connectivity index (χ1v) is 7.82. The maximum absolute atomic E-state index is 6.05. The first-order chi connectivity index (χ1) is 9.63. The predicted molar refractivity (Wildman–Crippen MR) is 87.1 cm³/mol. The Hall–Kier alpha value is -0.900. The van der Waals surface area contributed by atoms with Gasteiger partial charge in [0.15, 0.2) is 0 Å². The topological polar surface area (TPSA) is 21.3 Å². The molecule has 2 aromatic carbocycles. The van der Waals surface area contributed by atoms with E-state index in [1.165, 1.54) is 0 Å². The maximum Gasteiger partial charge on any atom is 0.124 e. The number of rotatable bonds is 2. The van der Waals surface area contributed by atoms with E-state index in [-0.39, 0.29) is 6.04 Å². The van der Waals surface area contributed by atoms with Crippen LogP contribution in [-0.4, -0.2) is 6.61 Å². The van der Waals surface area contributed by atoms with Crippen LogP contribution in [0.25, 0.3) is 0 Å². The standard InChI is InChI=1S/C15H12BrCl2NO/c16-9-1-4-15-11(7-9)14(5-6-20-15)19-10-2-3-12(17)13(18)8-10/h1-4,7-8,14,19H,5-6H2. The summed E-state index contributed by atoms with van der Waals surface area (Å²) in [6, 6.07) is 11.8. The fraction of sp³-hybridized carbons (Fsp3) is 0.200. The molecule has 0 spiro atoms. The number of ether oxygens (including phenoxy) is 1. The Balaban J connectivity index is 1.89. The molecule has 1 atom stereocenters. The molecule has 0 radical (unpaired) electrons. The smallest absolute Gasteiger partial charge is 0.124 e. The highest BCUT2D eigenvalue weighted by Gasteiger charge is 2.21. The van der Waals surface area contributed by atoms with Crippen LogP contribution in [0.1, 0.15) is 18.0 Å². The van der Waals surface area contributed by atoms with Gasteiger partial charge in [0, 0.05) is 22.1 Å². The molecular formula is C15H12BrCl2NO. The zero-order valence-electron chi connectivity index (χ0n) is 10.5. The second-order valence-corrected chi connectivity index (χ2v) is 6.38. The third kappa shape index (κ3) is 2.90. The lowest BCUT2D eigenvalue weighted by Gasteiger charge is -2.27. The lowest BCUT2D eigenvalue weighted by atomic mass is 10.0. The molecule has 1 aliphatic rings. The molecule has 0 amide bonds. The monoisotopic (exact) mass is 371 g/mol. The van der Waals surface area contributed by atoms with E-state index in [9.17, 15) is 0 Å². The van der Waals surface area contributed by atoms with Gasteiger partial charge in [-0.05, 0) is 36.4 Å². The number of halogens is 3. The summed E-state index contributed by atoms with van der Waals surface area (Å²) in [6.45, 7) is 0.702. The van der Waals surface area contributed by atoms with Gasteiger partial charge in [0.05, 0.1) is 22.7 Å². The van der Waals surface area contributed by atoms with Gasteiger partial charge in [-0.2, -0.15) is 0 Å². The van der Waals surface area contributed by atoms with Crippen LogP contribution < -0.4 is 10.1 Å². The minimum Gasteiger partial charge on any atom is -0.493 e. The summed E-state index contributed by atoms with van der Waals surface area (Å²) >= 11 is 15.5. The molecule has 0 bridgehead atoms. The molecule has 0 fully saturated rings. The van der Waals surface area contributed by atoms with Gasteiger partial charge in [0.1, 0.15) is 5.75 Å². The molecule has 3 rings (SSSR count). The Morgan fingerprint density at radius 3 is 2.75 bits per heavy atom. The Kier molecular flexibility index (Phi) is 4.11. The summed E-state index contributed by atoms with van der Waals surface area (Å²) < 4.78 is 6.73. The fourth-order valence-electron chi connectivity index (χ4n) is 2.30. The van der Waals surface area contributed by atoms with Gasteiger partial charge in [0.25, 0.3) is 0 Å². The van der Waals surface area contributed by atoms with Gasteiger partial charge in [-0.1, -0.05) is 39.1 Å². The molecule has 0 aromatic heterocycles. The van der Waals surface area contributed by atoms with Crippen molar-refractivity contribution < 1.29 is 4.74 Å². The molecule has 5 heteroatoms. The largest absolute Gasteiger partial charge is 0.493 e. The number of nitrogens with one attached hydrogen (secondary N) is 1. The average molecular weight is 373 g/mol. The van der Waals surface area contributed by atoms with Crippen LogP contribution in [0.2, 0.25) is 10.0 Å². The Bertz CT molecular complexity index is 648. The molecule has 1 unspecified atom stereocenters. The Labute approximate surface area is 136 Å². The van der Waals surface area contributed by atoms with Crippen LogP contribution in [0.4, 0.5) is 5.69 Å². The van der Waals surface area contributed by atoms with Crippen molar-refractivity contribution in [1.29, 1.82) is 0 Å². The molecule has 1 heterocycles. The maximum atomic E-state index is 6.05. The molecule has 0 aliphatic carbocycles. The van der Waals surface area contributed by atoms with Crippen molar-refractivity contribution in [2.24, 2.45) is 0 Å². The average Bonchev–Trinajstić information content (AvgIpc) is 2.44. The van der Waals surface area contributed by atoms with Crippen molar-refractivity contribution in [2.45, 2.75) is 12.5 Å². The second-order valence-electron chi connectivity index (χ2n) is 4.65. The lowest BCUT2D eigenvalue weighted by Crippen LogP contribution is -2.20. The van der Waals surface area contributed by atoms with Gasteiger partial charge >= 0.3 is 0 Å². The summed E-state index contributed by atoms with van der Waals surface area (Å²) in [7, 11) is 0. The Morgan fingerprint density at radius 2 is 1.95 bits per heavy atom. The Morgan fingerprint density at radius 1 is 1.10 bits per heavy atom. The minimum absolute atomic E-state index is 0.202. The van der Waals surface area contributed by atoms with Crippen molar-refractivity contribution in [3.8, 4) is 5.75 Å². The van der Waals surface area contributed by atoms with E-state index in [2.05, 4.69) is 27.3 Å². The molecule has 1 N–H and O–H groups in total. The van der Waals surface area contributed by atoms with E-state index in [0.29, 0.717) is 16.7 Å². The number of benzene rings is 2. The highest BCUT2D eigenvalue weighted by molar-refractivity contribution is 9.10. The van der Waals surface area contributed by atoms with Gasteiger partial charge in [-0.3, -0.25) is 0 Å². The summed E-state index contributed by atoms with van der Waals surface area (Å²) in [5, 5.41) is 4.60. The molecule has 1 aliphatic heterocycles. The van der Waals surface area contributed by atoms with Crippen LogP contribution in [0.5, 0.6) is 5.75 Å². The predicted octanol–water partition coefficient (Wildman–Crippen LogP) is 5.69. The van der Waals surface area contributed by atoms with Crippen molar-refractivity contribution >= 4 is 44.8 Å². The van der Waals surface area contributed by atoms with Gasteiger partial charge in [0.2, 0.25) is 0 Å². The van der Waals surface area contributed by atoms with Crippen molar-refractivity contribution in [3.05, 3.63) is 56.5 Å². The molecule has 0 saturated carbocycles. The molecule has 0 saturated heterocycles. The first-order valence-electron chi connectivity index (χ1n) is 6.27. The number of hydrogen-bond acceptors (Lipinski definition) is 2.